The van der Waals surface area contributed by atoms with Crippen molar-refractivity contribution in [1.82, 2.24) is 0 Å². The Morgan fingerprint density at radius 2 is 1.71 bits per heavy atom. The van der Waals surface area contributed by atoms with Crippen molar-refractivity contribution in [3.8, 4) is 0 Å². The highest BCUT2D eigenvalue weighted by Crippen LogP contribution is 2.29. The number of hydrogen-bond donors (Lipinski definition) is 1. The summed E-state index contributed by atoms with van der Waals surface area (Å²) in [5, 5.41) is 0. The predicted octanol–water partition coefficient (Wildman–Crippen LogP) is 2.89. The minimum absolute atomic E-state index is 0.419. The second-order valence-electron chi connectivity index (χ2n) is 2.88. The van der Waals surface area contributed by atoms with Crippen molar-refractivity contribution < 1.29 is 13.2 Å². The van der Waals surface area contributed by atoms with E-state index in [2.05, 4.69) is 6.58 Å². The van der Waals surface area contributed by atoms with Crippen molar-refractivity contribution in [2.75, 3.05) is 0 Å². The van der Waals surface area contributed by atoms with E-state index in [0.717, 1.165) is 12.1 Å². The van der Waals surface area contributed by atoms with Gasteiger partial charge in [0.05, 0.1) is 5.56 Å². The fraction of sp³-hybridized carbons (Fsp3) is 0.200. The quantitative estimate of drug-likeness (QED) is 0.731. The maximum absolute atomic E-state index is 12.2. The van der Waals surface area contributed by atoms with E-state index in [1.54, 1.807) is 0 Å². The molecular weight excluding hydrogens is 191 g/mol. The summed E-state index contributed by atoms with van der Waals surface area (Å²) in [6.45, 7) is 3.46. The van der Waals surface area contributed by atoms with E-state index in [1.807, 2.05) is 0 Å². The number of rotatable bonds is 2. The van der Waals surface area contributed by atoms with Crippen LogP contribution in [0.2, 0.25) is 0 Å². The molecular formula is C10H10F3N. The average molecular weight is 201 g/mol. The van der Waals surface area contributed by atoms with Gasteiger partial charge in [0.2, 0.25) is 0 Å². The van der Waals surface area contributed by atoms with Crippen molar-refractivity contribution in [1.29, 1.82) is 0 Å². The molecule has 0 spiro atoms. The lowest BCUT2D eigenvalue weighted by Crippen LogP contribution is -2.08. The first-order chi connectivity index (χ1) is 6.45. The molecule has 1 aromatic carbocycles. The Balaban J connectivity index is 2.95. The minimum Gasteiger partial charge on any atom is -0.321 e. The summed E-state index contributed by atoms with van der Waals surface area (Å²) in [7, 11) is 0. The van der Waals surface area contributed by atoms with Crippen molar-refractivity contribution in [3.63, 3.8) is 0 Å². The van der Waals surface area contributed by atoms with E-state index in [0.29, 0.717) is 5.56 Å². The molecule has 0 aromatic heterocycles. The Morgan fingerprint density at radius 3 is 2.07 bits per heavy atom. The van der Waals surface area contributed by atoms with E-state index in [4.69, 9.17) is 5.73 Å². The predicted molar refractivity (Wildman–Crippen MR) is 48.6 cm³/mol. The SMILES string of the molecule is C=CC(N)c1ccc(C(F)(F)F)cc1. The Morgan fingerprint density at radius 1 is 1.21 bits per heavy atom. The van der Waals surface area contributed by atoms with E-state index in [1.165, 1.54) is 18.2 Å². The van der Waals surface area contributed by atoms with Crippen molar-refractivity contribution >= 4 is 0 Å². The molecule has 1 aromatic rings. The molecule has 0 aliphatic carbocycles. The number of nitrogens with two attached hydrogens (primary N) is 1. The molecule has 0 radical (unpaired) electrons. The molecule has 1 rings (SSSR count). The molecule has 0 bridgehead atoms. The maximum atomic E-state index is 12.2. The first-order valence-electron chi connectivity index (χ1n) is 4.00. The summed E-state index contributed by atoms with van der Waals surface area (Å²) in [5.74, 6) is 0. The summed E-state index contributed by atoms with van der Waals surface area (Å²) in [5.41, 5.74) is 5.50. The van der Waals surface area contributed by atoms with Crippen LogP contribution in [0.1, 0.15) is 17.2 Å². The third-order valence-electron chi connectivity index (χ3n) is 1.88. The van der Waals surface area contributed by atoms with E-state index in [9.17, 15) is 13.2 Å². The first-order valence-corrected chi connectivity index (χ1v) is 4.00. The second-order valence-corrected chi connectivity index (χ2v) is 2.88. The minimum atomic E-state index is -4.29. The Labute approximate surface area is 80.0 Å². The van der Waals surface area contributed by atoms with Gasteiger partial charge in [0.1, 0.15) is 0 Å². The molecule has 0 saturated heterocycles. The topological polar surface area (TPSA) is 26.0 Å². The summed E-state index contributed by atoms with van der Waals surface area (Å²) in [6, 6.07) is 4.32. The molecule has 0 heterocycles. The lowest BCUT2D eigenvalue weighted by atomic mass is 10.1. The van der Waals surface area contributed by atoms with Crippen LogP contribution in [-0.2, 0) is 6.18 Å². The molecule has 14 heavy (non-hydrogen) atoms. The highest BCUT2D eigenvalue weighted by molar-refractivity contribution is 5.28. The molecule has 1 atom stereocenters. The largest absolute Gasteiger partial charge is 0.416 e. The normalized spacial score (nSPS) is 13.7. The molecule has 2 N–H and O–H groups in total. The Hall–Kier alpha value is -1.29. The highest BCUT2D eigenvalue weighted by Gasteiger charge is 2.29. The van der Waals surface area contributed by atoms with E-state index in [-0.39, 0.29) is 0 Å². The molecule has 0 aliphatic heterocycles. The first kappa shape index (κ1) is 10.8. The summed E-state index contributed by atoms with van der Waals surface area (Å²) < 4.78 is 36.5. The van der Waals surface area contributed by atoms with Gasteiger partial charge in [-0.05, 0) is 17.7 Å². The summed E-state index contributed by atoms with van der Waals surface area (Å²) in [4.78, 5) is 0. The van der Waals surface area contributed by atoms with Crippen LogP contribution < -0.4 is 5.73 Å². The molecule has 0 saturated carbocycles. The van der Waals surface area contributed by atoms with Gasteiger partial charge in [0.15, 0.2) is 0 Å². The van der Waals surface area contributed by atoms with Crippen LogP contribution >= 0.6 is 0 Å². The van der Waals surface area contributed by atoms with Crippen molar-refractivity contribution in [2.45, 2.75) is 12.2 Å². The van der Waals surface area contributed by atoms with Gasteiger partial charge in [0, 0.05) is 6.04 Å². The fourth-order valence-electron chi connectivity index (χ4n) is 1.03. The van der Waals surface area contributed by atoms with Gasteiger partial charge in [-0.1, -0.05) is 18.2 Å². The monoisotopic (exact) mass is 201 g/mol. The maximum Gasteiger partial charge on any atom is 0.416 e. The van der Waals surface area contributed by atoms with Crippen LogP contribution in [0, 0.1) is 0 Å². The molecule has 4 heteroatoms. The number of alkyl halides is 3. The molecule has 0 fully saturated rings. The Kier molecular flexibility index (Phi) is 2.96. The fourth-order valence-corrected chi connectivity index (χ4v) is 1.03. The van der Waals surface area contributed by atoms with Gasteiger partial charge in [-0.25, -0.2) is 0 Å². The molecule has 1 nitrogen and oxygen atoms in total. The third-order valence-corrected chi connectivity index (χ3v) is 1.88. The Bertz CT molecular complexity index is 313. The molecule has 0 amide bonds. The standard InChI is InChI=1S/C10H10F3N/c1-2-9(14)7-3-5-8(6-4-7)10(11,12)13/h2-6,9H,1,14H2. The number of hydrogen-bond acceptors (Lipinski definition) is 1. The van der Waals surface area contributed by atoms with E-state index < -0.39 is 17.8 Å². The zero-order valence-corrected chi connectivity index (χ0v) is 7.38. The van der Waals surface area contributed by atoms with Crippen LogP contribution in [0.3, 0.4) is 0 Å². The van der Waals surface area contributed by atoms with Gasteiger partial charge < -0.3 is 5.73 Å². The zero-order chi connectivity index (χ0) is 10.8. The summed E-state index contributed by atoms with van der Waals surface area (Å²) in [6.07, 6.45) is -2.82. The van der Waals surface area contributed by atoms with Crippen LogP contribution in [0.15, 0.2) is 36.9 Å². The van der Waals surface area contributed by atoms with Gasteiger partial charge in [0.25, 0.3) is 0 Å². The average Bonchev–Trinajstić information content (AvgIpc) is 2.15. The van der Waals surface area contributed by atoms with Crippen molar-refractivity contribution in [3.05, 3.63) is 48.0 Å². The smallest absolute Gasteiger partial charge is 0.321 e. The van der Waals surface area contributed by atoms with Crippen LogP contribution in [-0.4, -0.2) is 0 Å². The van der Waals surface area contributed by atoms with Gasteiger partial charge in [-0.2, -0.15) is 13.2 Å². The van der Waals surface area contributed by atoms with Crippen LogP contribution in [0.25, 0.3) is 0 Å². The van der Waals surface area contributed by atoms with Crippen LogP contribution in [0.5, 0.6) is 0 Å². The summed E-state index contributed by atoms with van der Waals surface area (Å²) >= 11 is 0. The lowest BCUT2D eigenvalue weighted by Gasteiger charge is -2.09. The van der Waals surface area contributed by atoms with Crippen LogP contribution in [0.4, 0.5) is 13.2 Å². The molecule has 0 aliphatic rings. The molecule has 1 unspecified atom stereocenters. The molecule has 76 valence electrons. The second kappa shape index (κ2) is 3.84. The highest BCUT2D eigenvalue weighted by atomic mass is 19.4. The zero-order valence-electron chi connectivity index (χ0n) is 7.38. The number of benzene rings is 1. The van der Waals surface area contributed by atoms with Gasteiger partial charge >= 0.3 is 6.18 Å². The van der Waals surface area contributed by atoms with Gasteiger partial charge in [-0.3, -0.25) is 0 Å². The lowest BCUT2D eigenvalue weighted by molar-refractivity contribution is -0.137. The number of halogens is 3. The van der Waals surface area contributed by atoms with Gasteiger partial charge in [-0.15, -0.1) is 6.58 Å². The third kappa shape index (κ3) is 2.35. The van der Waals surface area contributed by atoms with E-state index >= 15 is 0 Å². The van der Waals surface area contributed by atoms with Crippen molar-refractivity contribution in [2.24, 2.45) is 5.73 Å².